The second-order valence-corrected chi connectivity index (χ2v) is 6.76. The van der Waals surface area contributed by atoms with Crippen molar-refractivity contribution in [3.05, 3.63) is 95.6 Å². The van der Waals surface area contributed by atoms with E-state index in [0.717, 1.165) is 11.3 Å². The van der Waals surface area contributed by atoms with Crippen LogP contribution in [0.2, 0.25) is 0 Å². The SMILES string of the molecule is Cc1cccc(C(=O)Nc2ccccc2C(=O)N(C)CCOc2ccccc2)c1. The average Bonchev–Trinajstić information content (AvgIpc) is 2.74. The number of benzene rings is 3. The van der Waals surface area contributed by atoms with Gasteiger partial charge in [-0.3, -0.25) is 9.59 Å². The molecule has 0 bridgehead atoms. The van der Waals surface area contributed by atoms with Crippen LogP contribution in [0.3, 0.4) is 0 Å². The summed E-state index contributed by atoms with van der Waals surface area (Å²) in [7, 11) is 1.72. The Hall–Kier alpha value is -3.60. The van der Waals surface area contributed by atoms with Crippen molar-refractivity contribution in [3.63, 3.8) is 0 Å². The number of rotatable bonds is 7. The van der Waals surface area contributed by atoms with Gasteiger partial charge in [-0.15, -0.1) is 0 Å². The van der Waals surface area contributed by atoms with Crippen LogP contribution < -0.4 is 10.1 Å². The number of likely N-dealkylation sites (N-methyl/N-ethyl adjacent to an activating group) is 1. The molecule has 148 valence electrons. The van der Waals surface area contributed by atoms with Crippen LogP contribution >= 0.6 is 0 Å². The molecule has 5 nitrogen and oxygen atoms in total. The van der Waals surface area contributed by atoms with Crippen molar-refractivity contribution in [1.82, 2.24) is 4.90 Å². The van der Waals surface area contributed by atoms with E-state index in [1.165, 1.54) is 0 Å². The van der Waals surface area contributed by atoms with Gasteiger partial charge < -0.3 is 15.0 Å². The van der Waals surface area contributed by atoms with Crippen LogP contribution in [0.5, 0.6) is 5.75 Å². The molecule has 0 radical (unpaired) electrons. The minimum absolute atomic E-state index is 0.179. The predicted octanol–water partition coefficient (Wildman–Crippen LogP) is 4.40. The third-order valence-corrected chi connectivity index (χ3v) is 4.47. The fraction of sp³-hybridized carbons (Fsp3) is 0.167. The molecule has 1 N–H and O–H groups in total. The third-order valence-electron chi connectivity index (χ3n) is 4.47. The summed E-state index contributed by atoms with van der Waals surface area (Å²) < 4.78 is 5.66. The van der Waals surface area contributed by atoms with Crippen molar-refractivity contribution in [2.45, 2.75) is 6.92 Å². The van der Waals surface area contributed by atoms with Gasteiger partial charge in [0.05, 0.1) is 17.8 Å². The molecule has 0 unspecified atom stereocenters. The van der Waals surface area contributed by atoms with Crippen LogP contribution in [-0.4, -0.2) is 36.9 Å². The van der Waals surface area contributed by atoms with Crippen molar-refractivity contribution in [2.24, 2.45) is 0 Å². The first-order valence-electron chi connectivity index (χ1n) is 9.45. The van der Waals surface area contributed by atoms with Gasteiger partial charge in [0, 0.05) is 12.6 Å². The fourth-order valence-electron chi connectivity index (χ4n) is 2.88. The summed E-state index contributed by atoms with van der Waals surface area (Å²) in [5, 5.41) is 2.85. The van der Waals surface area contributed by atoms with Crippen LogP contribution in [0.25, 0.3) is 0 Å². The van der Waals surface area contributed by atoms with E-state index in [1.54, 1.807) is 42.3 Å². The number of hydrogen-bond acceptors (Lipinski definition) is 3. The van der Waals surface area contributed by atoms with Gasteiger partial charge in [0.25, 0.3) is 11.8 Å². The molecular weight excluding hydrogens is 364 g/mol. The van der Waals surface area contributed by atoms with Crippen LogP contribution in [0, 0.1) is 6.92 Å². The Kier molecular flexibility index (Phi) is 6.63. The Balaban J connectivity index is 1.65. The quantitative estimate of drug-likeness (QED) is 0.653. The van der Waals surface area contributed by atoms with E-state index >= 15 is 0 Å². The molecule has 2 amide bonds. The molecule has 29 heavy (non-hydrogen) atoms. The van der Waals surface area contributed by atoms with Crippen LogP contribution in [0.15, 0.2) is 78.9 Å². The standard InChI is InChI=1S/C24H24N2O3/c1-18-9-8-10-19(17-18)23(27)25-22-14-7-6-13-21(22)24(28)26(2)15-16-29-20-11-4-3-5-12-20/h3-14,17H,15-16H2,1-2H3,(H,25,27). The third kappa shape index (κ3) is 5.45. The minimum Gasteiger partial charge on any atom is -0.492 e. The van der Waals surface area contributed by atoms with Gasteiger partial charge in [-0.1, -0.05) is 48.0 Å². The fourth-order valence-corrected chi connectivity index (χ4v) is 2.88. The Bertz CT molecular complexity index is 986. The molecule has 0 aliphatic rings. The summed E-state index contributed by atoms with van der Waals surface area (Å²) in [6.45, 7) is 2.73. The monoisotopic (exact) mass is 388 g/mol. The normalized spacial score (nSPS) is 10.3. The summed E-state index contributed by atoms with van der Waals surface area (Å²) in [6.07, 6.45) is 0. The number of hydrogen-bond donors (Lipinski definition) is 1. The van der Waals surface area contributed by atoms with Crippen LogP contribution in [0.1, 0.15) is 26.3 Å². The van der Waals surface area contributed by atoms with E-state index in [0.29, 0.717) is 30.0 Å². The summed E-state index contributed by atoms with van der Waals surface area (Å²) in [5.41, 5.74) is 2.48. The van der Waals surface area contributed by atoms with E-state index in [2.05, 4.69) is 5.32 Å². The van der Waals surface area contributed by atoms with Crippen molar-refractivity contribution in [1.29, 1.82) is 0 Å². The molecule has 0 fully saturated rings. The zero-order valence-corrected chi connectivity index (χ0v) is 16.6. The highest BCUT2D eigenvalue weighted by Gasteiger charge is 2.17. The van der Waals surface area contributed by atoms with Gasteiger partial charge in [0.2, 0.25) is 0 Å². The van der Waals surface area contributed by atoms with Gasteiger partial charge in [-0.25, -0.2) is 0 Å². The molecule has 0 atom stereocenters. The summed E-state index contributed by atoms with van der Waals surface area (Å²) >= 11 is 0. The number of aryl methyl sites for hydroxylation is 1. The molecule has 0 spiro atoms. The van der Waals surface area contributed by atoms with E-state index in [9.17, 15) is 9.59 Å². The number of nitrogens with one attached hydrogen (secondary N) is 1. The Morgan fingerprint density at radius 2 is 1.66 bits per heavy atom. The van der Waals surface area contributed by atoms with Gasteiger partial charge >= 0.3 is 0 Å². The van der Waals surface area contributed by atoms with Crippen molar-refractivity contribution in [3.8, 4) is 5.75 Å². The number of nitrogens with zero attached hydrogens (tertiary/aromatic N) is 1. The minimum atomic E-state index is -0.246. The van der Waals surface area contributed by atoms with Crippen molar-refractivity contribution in [2.75, 3.05) is 25.5 Å². The highest BCUT2D eigenvalue weighted by Crippen LogP contribution is 2.18. The Morgan fingerprint density at radius 3 is 2.41 bits per heavy atom. The molecule has 0 aliphatic carbocycles. The summed E-state index contributed by atoms with van der Waals surface area (Å²) in [6, 6.07) is 23.8. The van der Waals surface area contributed by atoms with Crippen LogP contribution in [0.4, 0.5) is 5.69 Å². The van der Waals surface area contributed by atoms with E-state index in [1.807, 2.05) is 55.5 Å². The van der Waals surface area contributed by atoms with Gasteiger partial charge in [0.15, 0.2) is 0 Å². The molecule has 0 saturated heterocycles. The molecule has 0 heterocycles. The zero-order chi connectivity index (χ0) is 20.6. The van der Waals surface area contributed by atoms with E-state index in [-0.39, 0.29) is 11.8 Å². The predicted molar refractivity (Wildman–Crippen MR) is 114 cm³/mol. The van der Waals surface area contributed by atoms with Gasteiger partial charge in [0.1, 0.15) is 12.4 Å². The number of anilines is 1. The summed E-state index contributed by atoms with van der Waals surface area (Å²) in [4.78, 5) is 27.1. The molecule has 3 aromatic rings. The van der Waals surface area contributed by atoms with Crippen LogP contribution in [-0.2, 0) is 0 Å². The Morgan fingerprint density at radius 1 is 0.931 bits per heavy atom. The zero-order valence-electron chi connectivity index (χ0n) is 16.6. The first-order chi connectivity index (χ1) is 14.0. The van der Waals surface area contributed by atoms with E-state index < -0.39 is 0 Å². The highest BCUT2D eigenvalue weighted by molar-refractivity contribution is 6.09. The van der Waals surface area contributed by atoms with E-state index in [4.69, 9.17) is 4.74 Å². The highest BCUT2D eigenvalue weighted by atomic mass is 16.5. The number of carbonyl (C=O) groups is 2. The average molecular weight is 388 g/mol. The smallest absolute Gasteiger partial charge is 0.255 e. The lowest BCUT2D eigenvalue weighted by atomic mass is 10.1. The molecule has 3 aromatic carbocycles. The maximum atomic E-state index is 12.9. The number of para-hydroxylation sites is 2. The molecular formula is C24H24N2O3. The number of amides is 2. The molecule has 3 rings (SSSR count). The molecule has 0 aromatic heterocycles. The summed E-state index contributed by atoms with van der Waals surface area (Å²) in [5.74, 6) is 0.338. The lowest BCUT2D eigenvalue weighted by Gasteiger charge is -2.19. The number of ether oxygens (including phenoxy) is 1. The van der Waals surface area contributed by atoms with Crippen molar-refractivity contribution >= 4 is 17.5 Å². The Labute approximate surface area is 170 Å². The largest absolute Gasteiger partial charge is 0.492 e. The molecule has 0 aliphatic heterocycles. The second-order valence-electron chi connectivity index (χ2n) is 6.76. The first-order valence-corrected chi connectivity index (χ1v) is 9.45. The lowest BCUT2D eigenvalue weighted by Crippen LogP contribution is -2.31. The van der Waals surface area contributed by atoms with Crippen molar-refractivity contribution < 1.29 is 14.3 Å². The van der Waals surface area contributed by atoms with Gasteiger partial charge in [-0.05, 0) is 43.3 Å². The molecule has 5 heteroatoms. The maximum Gasteiger partial charge on any atom is 0.255 e. The molecule has 0 saturated carbocycles. The first kappa shape index (κ1) is 20.1. The lowest BCUT2D eigenvalue weighted by molar-refractivity contribution is 0.0775. The maximum absolute atomic E-state index is 12.9. The topological polar surface area (TPSA) is 58.6 Å². The van der Waals surface area contributed by atoms with Gasteiger partial charge in [-0.2, -0.15) is 0 Å². The second kappa shape index (κ2) is 9.55. The number of carbonyl (C=O) groups excluding carboxylic acids is 2.